The van der Waals surface area contributed by atoms with Crippen LogP contribution in [0.15, 0.2) is 54.4 Å². The SMILES string of the molecule is CN(Cc1ncccn1)C(=O)C1=C(c2ccccc2)CCC1. The van der Waals surface area contributed by atoms with Crippen molar-refractivity contribution in [1.82, 2.24) is 14.9 Å². The molecule has 4 heteroatoms. The molecule has 0 N–H and O–H groups in total. The minimum atomic E-state index is 0.0869. The summed E-state index contributed by atoms with van der Waals surface area (Å²) >= 11 is 0. The molecule has 1 aromatic heterocycles. The predicted octanol–water partition coefficient (Wildman–Crippen LogP) is 3.07. The second kappa shape index (κ2) is 6.52. The Balaban J connectivity index is 1.81. The first kappa shape index (κ1) is 14.4. The summed E-state index contributed by atoms with van der Waals surface area (Å²) in [6.07, 6.45) is 6.26. The van der Waals surface area contributed by atoms with E-state index in [9.17, 15) is 4.79 Å². The van der Waals surface area contributed by atoms with Crippen molar-refractivity contribution in [2.45, 2.75) is 25.8 Å². The molecule has 0 aliphatic heterocycles. The zero-order chi connectivity index (χ0) is 15.4. The molecule has 0 saturated heterocycles. The molecule has 4 nitrogen and oxygen atoms in total. The fourth-order valence-corrected chi connectivity index (χ4v) is 2.86. The van der Waals surface area contributed by atoms with Crippen LogP contribution in [-0.2, 0) is 11.3 Å². The zero-order valence-corrected chi connectivity index (χ0v) is 12.7. The monoisotopic (exact) mass is 293 g/mol. The van der Waals surface area contributed by atoms with Gasteiger partial charge in [0.15, 0.2) is 0 Å². The highest BCUT2D eigenvalue weighted by molar-refractivity contribution is 6.02. The number of carbonyl (C=O) groups is 1. The molecule has 0 saturated carbocycles. The van der Waals surface area contributed by atoms with E-state index in [0.29, 0.717) is 12.4 Å². The molecule has 1 aliphatic carbocycles. The van der Waals surface area contributed by atoms with Gasteiger partial charge in [-0.15, -0.1) is 0 Å². The Morgan fingerprint density at radius 1 is 1.09 bits per heavy atom. The Hall–Kier alpha value is -2.49. The van der Waals surface area contributed by atoms with E-state index in [2.05, 4.69) is 22.1 Å². The van der Waals surface area contributed by atoms with Gasteiger partial charge in [0.25, 0.3) is 0 Å². The van der Waals surface area contributed by atoms with Crippen molar-refractivity contribution in [3.63, 3.8) is 0 Å². The van der Waals surface area contributed by atoms with Crippen LogP contribution in [0, 0.1) is 0 Å². The Bertz CT molecular complexity index is 680. The summed E-state index contributed by atoms with van der Waals surface area (Å²) in [4.78, 5) is 22.8. The van der Waals surface area contributed by atoms with Crippen molar-refractivity contribution in [3.8, 4) is 0 Å². The van der Waals surface area contributed by atoms with Crippen LogP contribution in [0.1, 0.15) is 30.7 Å². The van der Waals surface area contributed by atoms with Crippen LogP contribution in [0.3, 0.4) is 0 Å². The summed E-state index contributed by atoms with van der Waals surface area (Å²) in [5, 5.41) is 0. The van der Waals surface area contributed by atoms with E-state index in [1.165, 1.54) is 5.57 Å². The molecule has 0 radical (unpaired) electrons. The topological polar surface area (TPSA) is 46.1 Å². The molecular formula is C18H19N3O. The minimum absolute atomic E-state index is 0.0869. The molecule has 0 spiro atoms. The van der Waals surface area contributed by atoms with E-state index < -0.39 is 0 Å². The summed E-state index contributed by atoms with van der Waals surface area (Å²) in [6, 6.07) is 12.0. The number of likely N-dealkylation sites (N-methyl/N-ethyl adjacent to an activating group) is 1. The summed E-state index contributed by atoms with van der Waals surface area (Å²) < 4.78 is 0. The normalized spacial score (nSPS) is 14.2. The highest BCUT2D eigenvalue weighted by Gasteiger charge is 2.24. The maximum atomic E-state index is 12.7. The molecule has 2 aromatic rings. The van der Waals surface area contributed by atoms with Gasteiger partial charge >= 0.3 is 0 Å². The lowest BCUT2D eigenvalue weighted by Crippen LogP contribution is -2.28. The molecule has 0 unspecified atom stereocenters. The lowest BCUT2D eigenvalue weighted by Gasteiger charge is -2.18. The number of hydrogen-bond donors (Lipinski definition) is 0. The number of allylic oxidation sites excluding steroid dienone is 1. The molecule has 1 amide bonds. The Labute approximate surface area is 130 Å². The second-order valence-corrected chi connectivity index (χ2v) is 5.50. The minimum Gasteiger partial charge on any atom is -0.334 e. The Kier molecular flexibility index (Phi) is 4.28. The zero-order valence-electron chi connectivity index (χ0n) is 12.7. The highest BCUT2D eigenvalue weighted by Crippen LogP contribution is 2.34. The van der Waals surface area contributed by atoms with E-state index in [1.54, 1.807) is 23.4 Å². The summed E-state index contributed by atoms with van der Waals surface area (Å²) in [7, 11) is 1.81. The number of rotatable bonds is 4. The summed E-state index contributed by atoms with van der Waals surface area (Å²) in [5.74, 6) is 0.752. The van der Waals surface area contributed by atoms with Crippen molar-refractivity contribution in [2.24, 2.45) is 0 Å². The Morgan fingerprint density at radius 3 is 2.55 bits per heavy atom. The molecule has 0 bridgehead atoms. The summed E-state index contributed by atoms with van der Waals surface area (Å²) in [6.45, 7) is 0.436. The molecule has 22 heavy (non-hydrogen) atoms. The standard InChI is InChI=1S/C18H19N3O/c1-21(13-17-19-11-6-12-20-17)18(22)16-10-5-9-15(16)14-7-3-2-4-8-14/h2-4,6-8,11-12H,5,9-10,13H2,1H3. The number of hydrogen-bond acceptors (Lipinski definition) is 3. The van der Waals surface area contributed by atoms with Gasteiger partial charge in [-0.1, -0.05) is 30.3 Å². The van der Waals surface area contributed by atoms with E-state index in [0.717, 1.165) is 30.4 Å². The third kappa shape index (κ3) is 3.06. The molecule has 112 valence electrons. The van der Waals surface area contributed by atoms with Gasteiger partial charge < -0.3 is 4.90 Å². The third-order valence-electron chi connectivity index (χ3n) is 3.94. The third-order valence-corrected chi connectivity index (χ3v) is 3.94. The van der Waals surface area contributed by atoms with Crippen molar-refractivity contribution in [2.75, 3.05) is 7.05 Å². The second-order valence-electron chi connectivity index (χ2n) is 5.50. The number of benzene rings is 1. The van der Waals surface area contributed by atoms with Crippen molar-refractivity contribution in [1.29, 1.82) is 0 Å². The van der Waals surface area contributed by atoms with E-state index in [1.807, 2.05) is 25.2 Å². The average Bonchev–Trinajstić information content (AvgIpc) is 3.05. The van der Waals surface area contributed by atoms with Crippen molar-refractivity contribution in [3.05, 3.63) is 65.8 Å². The van der Waals surface area contributed by atoms with Gasteiger partial charge in [0.1, 0.15) is 5.82 Å². The largest absolute Gasteiger partial charge is 0.334 e. The van der Waals surface area contributed by atoms with Gasteiger partial charge in [-0.05, 0) is 36.5 Å². The van der Waals surface area contributed by atoms with Gasteiger partial charge in [-0.2, -0.15) is 0 Å². The quantitative estimate of drug-likeness (QED) is 0.870. The van der Waals surface area contributed by atoms with Crippen LogP contribution in [0.2, 0.25) is 0 Å². The van der Waals surface area contributed by atoms with Gasteiger partial charge in [0.2, 0.25) is 5.91 Å². The first-order valence-corrected chi connectivity index (χ1v) is 7.54. The van der Waals surface area contributed by atoms with E-state index in [-0.39, 0.29) is 5.91 Å². The van der Waals surface area contributed by atoms with Gasteiger partial charge in [0.05, 0.1) is 6.54 Å². The molecule has 0 atom stereocenters. The van der Waals surface area contributed by atoms with Gasteiger partial charge in [-0.3, -0.25) is 4.79 Å². The van der Waals surface area contributed by atoms with Crippen LogP contribution in [0.5, 0.6) is 0 Å². The number of aromatic nitrogens is 2. The lowest BCUT2D eigenvalue weighted by atomic mass is 10.0. The molecule has 0 fully saturated rings. The van der Waals surface area contributed by atoms with Crippen LogP contribution in [0.25, 0.3) is 5.57 Å². The van der Waals surface area contributed by atoms with Gasteiger partial charge in [0, 0.05) is 25.0 Å². The van der Waals surface area contributed by atoms with E-state index >= 15 is 0 Å². The van der Waals surface area contributed by atoms with Gasteiger partial charge in [-0.25, -0.2) is 9.97 Å². The molecule has 3 rings (SSSR count). The first-order valence-electron chi connectivity index (χ1n) is 7.54. The molecule has 1 aliphatic rings. The fourth-order valence-electron chi connectivity index (χ4n) is 2.86. The van der Waals surface area contributed by atoms with Crippen LogP contribution < -0.4 is 0 Å². The first-order chi connectivity index (χ1) is 10.8. The smallest absolute Gasteiger partial charge is 0.250 e. The number of carbonyl (C=O) groups excluding carboxylic acids is 1. The van der Waals surface area contributed by atoms with Crippen molar-refractivity contribution < 1.29 is 4.79 Å². The van der Waals surface area contributed by atoms with E-state index in [4.69, 9.17) is 0 Å². The number of nitrogens with zero attached hydrogens (tertiary/aromatic N) is 3. The molecule has 1 aromatic carbocycles. The number of amides is 1. The van der Waals surface area contributed by atoms with Crippen LogP contribution in [-0.4, -0.2) is 27.8 Å². The fraction of sp³-hybridized carbons (Fsp3) is 0.278. The Morgan fingerprint density at radius 2 is 1.82 bits per heavy atom. The highest BCUT2D eigenvalue weighted by atomic mass is 16.2. The average molecular weight is 293 g/mol. The van der Waals surface area contributed by atoms with Crippen LogP contribution in [0.4, 0.5) is 0 Å². The van der Waals surface area contributed by atoms with Crippen molar-refractivity contribution >= 4 is 11.5 Å². The predicted molar refractivity (Wildman–Crippen MR) is 85.7 cm³/mol. The lowest BCUT2D eigenvalue weighted by molar-refractivity contribution is -0.126. The maximum Gasteiger partial charge on any atom is 0.250 e. The van der Waals surface area contributed by atoms with Crippen LogP contribution >= 0.6 is 0 Å². The summed E-state index contributed by atoms with van der Waals surface area (Å²) in [5.41, 5.74) is 3.28. The maximum absolute atomic E-state index is 12.7. The molecule has 1 heterocycles. The molecular weight excluding hydrogens is 274 g/mol.